The SMILES string of the molecule is CCCCC(N1CCCCC1)N1CCCCC1. The van der Waals surface area contributed by atoms with E-state index in [9.17, 15) is 0 Å². The minimum atomic E-state index is 0.774. The summed E-state index contributed by atoms with van der Waals surface area (Å²) >= 11 is 0. The maximum Gasteiger partial charge on any atom is 0.0622 e. The lowest BCUT2D eigenvalue weighted by molar-refractivity contribution is 0.0106. The zero-order valence-corrected chi connectivity index (χ0v) is 11.7. The van der Waals surface area contributed by atoms with Gasteiger partial charge < -0.3 is 0 Å². The highest BCUT2D eigenvalue weighted by molar-refractivity contribution is 4.78. The van der Waals surface area contributed by atoms with Crippen LogP contribution in [0.1, 0.15) is 64.7 Å². The van der Waals surface area contributed by atoms with Gasteiger partial charge in [-0.1, -0.05) is 32.6 Å². The summed E-state index contributed by atoms with van der Waals surface area (Å²) in [6, 6.07) is 0. The van der Waals surface area contributed by atoms with Gasteiger partial charge in [-0.15, -0.1) is 0 Å². The Labute approximate surface area is 107 Å². The number of piperidine rings is 2. The summed E-state index contributed by atoms with van der Waals surface area (Å²) in [6.07, 6.45) is 13.5. The highest BCUT2D eigenvalue weighted by Gasteiger charge is 2.26. The molecule has 2 rings (SSSR count). The van der Waals surface area contributed by atoms with Gasteiger partial charge in [-0.3, -0.25) is 9.80 Å². The topological polar surface area (TPSA) is 6.48 Å². The van der Waals surface area contributed by atoms with Crippen molar-refractivity contribution in [3.63, 3.8) is 0 Å². The Balaban J connectivity index is 1.90. The van der Waals surface area contributed by atoms with Crippen molar-refractivity contribution in [3.8, 4) is 0 Å². The smallest absolute Gasteiger partial charge is 0.0622 e. The molecule has 2 heterocycles. The number of hydrogen-bond donors (Lipinski definition) is 0. The molecule has 0 aromatic carbocycles. The van der Waals surface area contributed by atoms with Gasteiger partial charge in [-0.25, -0.2) is 0 Å². The molecular weight excluding hydrogens is 208 g/mol. The monoisotopic (exact) mass is 238 g/mol. The number of nitrogens with zero attached hydrogens (tertiary/aromatic N) is 2. The molecule has 0 atom stereocenters. The summed E-state index contributed by atoms with van der Waals surface area (Å²) < 4.78 is 0. The zero-order valence-electron chi connectivity index (χ0n) is 11.7. The first-order valence-corrected chi connectivity index (χ1v) is 7.90. The molecule has 2 fully saturated rings. The molecule has 0 unspecified atom stereocenters. The zero-order chi connectivity index (χ0) is 11.9. The molecule has 2 heteroatoms. The average molecular weight is 238 g/mol. The van der Waals surface area contributed by atoms with Gasteiger partial charge in [0.1, 0.15) is 0 Å². The van der Waals surface area contributed by atoms with Gasteiger partial charge in [0.2, 0.25) is 0 Å². The molecular formula is C15H30N2. The van der Waals surface area contributed by atoms with E-state index >= 15 is 0 Å². The van der Waals surface area contributed by atoms with Crippen molar-refractivity contribution in [3.05, 3.63) is 0 Å². The predicted octanol–water partition coefficient (Wildman–Crippen LogP) is 3.47. The first kappa shape index (κ1) is 13.4. The van der Waals surface area contributed by atoms with Gasteiger partial charge >= 0.3 is 0 Å². The van der Waals surface area contributed by atoms with Crippen LogP contribution in [0.3, 0.4) is 0 Å². The normalized spacial score (nSPS) is 24.4. The number of likely N-dealkylation sites (tertiary alicyclic amines) is 2. The maximum absolute atomic E-state index is 2.78. The summed E-state index contributed by atoms with van der Waals surface area (Å²) in [5, 5.41) is 0. The van der Waals surface area contributed by atoms with Crippen LogP contribution in [0.25, 0.3) is 0 Å². The Hall–Kier alpha value is -0.0800. The second-order valence-corrected chi connectivity index (χ2v) is 5.82. The molecule has 0 amide bonds. The number of hydrogen-bond acceptors (Lipinski definition) is 2. The van der Waals surface area contributed by atoms with E-state index in [1.54, 1.807) is 0 Å². The fourth-order valence-corrected chi connectivity index (χ4v) is 3.42. The highest BCUT2D eigenvalue weighted by atomic mass is 15.4. The van der Waals surface area contributed by atoms with Crippen LogP contribution in [0.15, 0.2) is 0 Å². The lowest BCUT2D eigenvalue weighted by atomic mass is 10.0. The second-order valence-electron chi connectivity index (χ2n) is 5.82. The molecule has 0 spiro atoms. The Morgan fingerprint density at radius 3 is 1.65 bits per heavy atom. The van der Waals surface area contributed by atoms with Gasteiger partial charge in [0, 0.05) is 0 Å². The van der Waals surface area contributed by atoms with Crippen LogP contribution in [-0.2, 0) is 0 Å². The molecule has 2 aliphatic heterocycles. The van der Waals surface area contributed by atoms with E-state index < -0.39 is 0 Å². The minimum absolute atomic E-state index is 0.774. The van der Waals surface area contributed by atoms with E-state index in [1.807, 2.05) is 0 Å². The van der Waals surface area contributed by atoms with E-state index in [4.69, 9.17) is 0 Å². The molecule has 0 radical (unpaired) electrons. The van der Waals surface area contributed by atoms with Crippen LogP contribution in [0, 0.1) is 0 Å². The Kier molecular flexibility index (Phi) is 5.79. The van der Waals surface area contributed by atoms with Crippen molar-refractivity contribution >= 4 is 0 Å². The molecule has 2 nitrogen and oxygen atoms in total. The van der Waals surface area contributed by atoms with Gasteiger partial charge in [0.15, 0.2) is 0 Å². The second kappa shape index (κ2) is 7.38. The van der Waals surface area contributed by atoms with Crippen LogP contribution in [0.2, 0.25) is 0 Å². The Bertz CT molecular complexity index is 175. The van der Waals surface area contributed by atoms with E-state index in [-0.39, 0.29) is 0 Å². The first-order chi connectivity index (χ1) is 8.42. The lowest BCUT2D eigenvalue weighted by Gasteiger charge is -2.43. The first-order valence-electron chi connectivity index (χ1n) is 7.90. The van der Waals surface area contributed by atoms with E-state index in [1.165, 1.54) is 84.0 Å². The fraction of sp³-hybridized carbons (Fsp3) is 1.00. The quantitative estimate of drug-likeness (QED) is 0.723. The predicted molar refractivity (Wildman–Crippen MR) is 74.2 cm³/mol. The Morgan fingerprint density at radius 2 is 1.24 bits per heavy atom. The summed E-state index contributed by atoms with van der Waals surface area (Å²) in [4.78, 5) is 5.56. The van der Waals surface area contributed by atoms with Crippen molar-refractivity contribution in [2.75, 3.05) is 26.2 Å². The third kappa shape index (κ3) is 3.96. The summed E-state index contributed by atoms with van der Waals surface area (Å²) in [7, 11) is 0. The van der Waals surface area contributed by atoms with Crippen LogP contribution in [-0.4, -0.2) is 42.1 Å². The molecule has 0 aromatic rings. The molecule has 0 aliphatic carbocycles. The largest absolute Gasteiger partial charge is 0.288 e. The van der Waals surface area contributed by atoms with Crippen LogP contribution < -0.4 is 0 Å². The lowest BCUT2D eigenvalue weighted by Crippen LogP contribution is -2.51. The summed E-state index contributed by atoms with van der Waals surface area (Å²) in [6.45, 7) is 7.73. The van der Waals surface area contributed by atoms with Gasteiger partial charge in [0.05, 0.1) is 6.17 Å². The van der Waals surface area contributed by atoms with Crippen LogP contribution in [0.4, 0.5) is 0 Å². The number of unbranched alkanes of at least 4 members (excludes halogenated alkanes) is 1. The van der Waals surface area contributed by atoms with Gasteiger partial charge in [-0.2, -0.15) is 0 Å². The molecule has 0 aromatic heterocycles. The molecule has 100 valence electrons. The molecule has 2 saturated heterocycles. The average Bonchev–Trinajstić information content (AvgIpc) is 2.42. The molecule has 17 heavy (non-hydrogen) atoms. The Morgan fingerprint density at radius 1 is 0.765 bits per heavy atom. The minimum Gasteiger partial charge on any atom is -0.288 e. The fourth-order valence-electron chi connectivity index (χ4n) is 3.42. The van der Waals surface area contributed by atoms with Crippen molar-refractivity contribution in [2.24, 2.45) is 0 Å². The molecule has 0 N–H and O–H groups in total. The van der Waals surface area contributed by atoms with Crippen molar-refractivity contribution in [1.82, 2.24) is 9.80 Å². The van der Waals surface area contributed by atoms with Crippen molar-refractivity contribution in [2.45, 2.75) is 70.9 Å². The summed E-state index contributed by atoms with van der Waals surface area (Å²) in [5.74, 6) is 0. The molecule has 0 bridgehead atoms. The highest BCUT2D eigenvalue weighted by Crippen LogP contribution is 2.22. The maximum atomic E-state index is 2.78. The van der Waals surface area contributed by atoms with Crippen LogP contribution in [0.5, 0.6) is 0 Å². The third-order valence-corrected chi connectivity index (χ3v) is 4.44. The van der Waals surface area contributed by atoms with E-state index in [0.717, 1.165) is 6.17 Å². The van der Waals surface area contributed by atoms with Gasteiger partial charge in [-0.05, 0) is 58.3 Å². The number of rotatable bonds is 5. The molecule has 0 saturated carbocycles. The van der Waals surface area contributed by atoms with Crippen molar-refractivity contribution < 1.29 is 0 Å². The van der Waals surface area contributed by atoms with E-state index in [0.29, 0.717) is 0 Å². The van der Waals surface area contributed by atoms with E-state index in [2.05, 4.69) is 16.7 Å². The van der Waals surface area contributed by atoms with Gasteiger partial charge in [0.25, 0.3) is 0 Å². The standard InChI is InChI=1S/C15H30N2/c1-2-3-10-15(16-11-6-4-7-12-16)17-13-8-5-9-14-17/h15H,2-14H2,1H3. The van der Waals surface area contributed by atoms with Crippen LogP contribution >= 0.6 is 0 Å². The molecule has 2 aliphatic rings. The van der Waals surface area contributed by atoms with Crippen molar-refractivity contribution in [1.29, 1.82) is 0 Å². The summed E-state index contributed by atoms with van der Waals surface area (Å²) in [5.41, 5.74) is 0. The third-order valence-electron chi connectivity index (χ3n) is 4.44.